The molecule has 1 aromatic carbocycles. The van der Waals surface area contributed by atoms with Gasteiger partial charge in [0, 0.05) is 6.07 Å². The van der Waals surface area contributed by atoms with Gasteiger partial charge in [0.25, 0.3) is 5.89 Å². The van der Waals surface area contributed by atoms with Crippen molar-refractivity contribution >= 4 is 0 Å². The Morgan fingerprint density at radius 2 is 2.00 bits per heavy atom. The molecule has 14 heavy (non-hydrogen) atoms. The highest BCUT2D eigenvalue weighted by Gasteiger charge is 2.13. The minimum absolute atomic E-state index is 0.0963. The second-order valence-corrected chi connectivity index (χ2v) is 2.50. The Morgan fingerprint density at radius 1 is 1.21 bits per heavy atom. The first kappa shape index (κ1) is 8.61. The number of halogens is 2. The van der Waals surface area contributed by atoms with Crippen LogP contribution in [0.5, 0.6) is 6.08 Å². The summed E-state index contributed by atoms with van der Waals surface area (Å²) in [6, 6.07) is 2.83. The minimum atomic E-state index is -0.913. The predicted octanol–water partition coefficient (Wildman–Crippen LogP) is 2.16. The van der Waals surface area contributed by atoms with Crippen molar-refractivity contribution in [3.05, 3.63) is 29.8 Å². The van der Waals surface area contributed by atoms with E-state index in [1.807, 2.05) is 0 Å². The summed E-state index contributed by atoms with van der Waals surface area (Å²) in [5, 5.41) is 16.8. The molecule has 4 nitrogen and oxygen atoms in total. The molecule has 71 valence electrons. The molecule has 0 spiro atoms. The molecule has 0 bridgehead atoms. The van der Waals surface area contributed by atoms with Gasteiger partial charge in [-0.05, 0) is 12.1 Å². The summed E-state index contributed by atoms with van der Waals surface area (Å²) in [5.74, 6) is -1.82. The molecular formula is C8H3F2N2O2. The number of aromatic nitrogens is 2. The smallest absolute Gasteiger partial charge is 0.386 e. The van der Waals surface area contributed by atoms with Gasteiger partial charge in [0.1, 0.15) is 11.6 Å². The summed E-state index contributed by atoms with van der Waals surface area (Å²) in [6.45, 7) is 0. The van der Waals surface area contributed by atoms with E-state index in [-0.39, 0.29) is 11.5 Å². The van der Waals surface area contributed by atoms with E-state index in [9.17, 15) is 13.9 Å². The summed E-state index contributed by atoms with van der Waals surface area (Å²) in [7, 11) is 0. The van der Waals surface area contributed by atoms with Gasteiger partial charge in [0.15, 0.2) is 0 Å². The van der Waals surface area contributed by atoms with Crippen LogP contribution in [0.3, 0.4) is 0 Å². The van der Waals surface area contributed by atoms with E-state index in [0.29, 0.717) is 6.07 Å². The van der Waals surface area contributed by atoms with Gasteiger partial charge < -0.3 is 4.42 Å². The Bertz CT molecular complexity index is 470. The molecule has 0 amide bonds. The number of hydrogen-bond acceptors (Lipinski definition) is 3. The molecule has 6 heteroatoms. The van der Waals surface area contributed by atoms with E-state index in [1.165, 1.54) is 0 Å². The maximum absolute atomic E-state index is 13.1. The van der Waals surface area contributed by atoms with Crippen LogP contribution in [0.25, 0.3) is 11.5 Å². The first-order chi connectivity index (χ1) is 6.66. The monoisotopic (exact) mass is 197 g/mol. The van der Waals surface area contributed by atoms with E-state index >= 15 is 0 Å². The molecule has 0 saturated heterocycles. The number of rotatable bonds is 1. The van der Waals surface area contributed by atoms with Gasteiger partial charge in [-0.25, -0.2) is 13.9 Å². The fraction of sp³-hybridized carbons (Fsp3) is 0. The van der Waals surface area contributed by atoms with Crippen molar-refractivity contribution in [3.8, 4) is 17.5 Å². The van der Waals surface area contributed by atoms with E-state index in [2.05, 4.69) is 14.6 Å². The first-order valence-electron chi connectivity index (χ1n) is 3.63. The van der Waals surface area contributed by atoms with Crippen molar-refractivity contribution in [2.75, 3.05) is 0 Å². The zero-order valence-electron chi connectivity index (χ0n) is 6.70. The molecule has 0 aliphatic carbocycles. The van der Waals surface area contributed by atoms with Crippen LogP contribution in [0, 0.1) is 11.6 Å². The summed E-state index contributed by atoms with van der Waals surface area (Å²) < 4.78 is 30.0. The largest absolute Gasteiger partial charge is 0.459 e. The zero-order chi connectivity index (χ0) is 10.1. The number of benzene rings is 1. The SMILES string of the molecule is [O]c1nnc(-c2ccc(F)cc2F)o1. The number of hydrogen-bond donors (Lipinski definition) is 0. The average Bonchev–Trinajstić information content (AvgIpc) is 2.51. The highest BCUT2D eigenvalue weighted by molar-refractivity contribution is 5.53. The van der Waals surface area contributed by atoms with Crippen molar-refractivity contribution in [3.63, 3.8) is 0 Å². The van der Waals surface area contributed by atoms with Crippen molar-refractivity contribution in [1.82, 2.24) is 10.2 Å². The molecule has 2 rings (SSSR count). The van der Waals surface area contributed by atoms with Gasteiger partial charge in [-0.1, -0.05) is 5.10 Å². The normalized spacial score (nSPS) is 10.4. The Kier molecular flexibility index (Phi) is 1.88. The van der Waals surface area contributed by atoms with Gasteiger partial charge in [-0.2, -0.15) is 0 Å². The Balaban J connectivity index is 2.52. The molecule has 0 aliphatic heterocycles. The van der Waals surface area contributed by atoms with Gasteiger partial charge in [-0.3, -0.25) is 0 Å². The summed E-state index contributed by atoms with van der Waals surface area (Å²) in [5.41, 5.74) is -0.0963. The molecule has 0 aliphatic rings. The Morgan fingerprint density at radius 3 is 2.57 bits per heavy atom. The van der Waals surface area contributed by atoms with Crippen molar-refractivity contribution in [1.29, 1.82) is 0 Å². The molecule has 1 radical (unpaired) electrons. The van der Waals surface area contributed by atoms with Crippen LogP contribution in [-0.2, 0) is 5.11 Å². The first-order valence-corrected chi connectivity index (χ1v) is 3.63. The van der Waals surface area contributed by atoms with Crippen LogP contribution in [0.15, 0.2) is 22.6 Å². The van der Waals surface area contributed by atoms with Crippen LogP contribution in [-0.4, -0.2) is 10.2 Å². The lowest BCUT2D eigenvalue weighted by Crippen LogP contribution is -1.86. The molecular weight excluding hydrogens is 194 g/mol. The lowest BCUT2D eigenvalue weighted by Gasteiger charge is -1.95. The zero-order valence-corrected chi connectivity index (χ0v) is 6.70. The Labute approximate surface area is 76.8 Å². The van der Waals surface area contributed by atoms with Crippen LogP contribution in [0.4, 0.5) is 8.78 Å². The fourth-order valence-corrected chi connectivity index (χ4v) is 0.982. The molecule has 1 aromatic heterocycles. The standard InChI is InChI=1S/C8H3F2N2O2/c9-4-1-2-5(6(10)3-4)7-11-12-8(13)14-7/h1-3H. The van der Waals surface area contributed by atoms with Crippen molar-refractivity contribution in [2.45, 2.75) is 0 Å². The highest BCUT2D eigenvalue weighted by atomic mass is 19.1. The number of nitrogens with zero attached hydrogens (tertiary/aromatic N) is 2. The third-order valence-electron chi connectivity index (χ3n) is 1.57. The van der Waals surface area contributed by atoms with Gasteiger partial charge in [-0.15, -0.1) is 5.10 Å². The molecule has 2 aromatic rings. The lowest BCUT2D eigenvalue weighted by atomic mass is 10.2. The van der Waals surface area contributed by atoms with E-state index < -0.39 is 17.7 Å². The second-order valence-electron chi connectivity index (χ2n) is 2.50. The maximum atomic E-state index is 13.1. The quantitative estimate of drug-likeness (QED) is 0.703. The maximum Gasteiger partial charge on any atom is 0.459 e. The average molecular weight is 197 g/mol. The molecule has 0 saturated carbocycles. The predicted molar refractivity (Wildman–Crippen MR) is 39.8 cm³/mol. The van der Waals surface area contributed by atoms with E-state index in [0.717, 1.165) is 12.1 Å². The van der Waals surface area contributed by atoms with Gasteiger partial charge >= 0.3 is 6.08 Å². The third-order valence-corrected chi connectivity index (χ3v) is 1.57. The molecule has 0 fully saturated rings. The lowest BCUT2D eigenvalue weighted by molar-refractivity contribution is 0.239. The molecule has 1 heterocycles. The molecule has 0 unspecified atom stereocenters. The second kappa shape index (κ2) is 3.06. The Hall–Kier alpha value is -1.98. The van der Waals surface area contributed by atoms with Gasteiger partial charge in [0.2, 0.25) is 0 Å². The highest BCUT2D eigenvalue weighted by Crippen LogP contribution is 2.23. The summed E-state index contributed by atoms with van der Waals surface area (Å²) in [6.07, 6.45) is -0.913. The summed E-state index contributed by atoms with van der Waals surface area (Å²) in [4.78, 5) is 0. The van der Waals surface area contributed by atoms with Crippen LogP contribution in [0.1, 0.15) is 0 Å². The molecule has 0 atom stereocenters. The van der Waals surface area contributed by atoms with Crippen LogP contribution < -0.4 is 0 Å². The topological polar surface area (TPSA) is 58.8 Å². The van der Waals surface area contributed by atoms with Gasteiger partial charge in [0.05, 0.1) is 5.56 Å². The van der Waals surface area contributed by atoms with E-state index in [4.69, 9.17) is 0 Å². The minimum Gasteiger partial charge on any atom is -0.386 e. The van der Waals surface area contributed by atoms with Crippen molar-refractivity contribution in [2.24, 2.45) is 0 Å². The molecule has 0 N–H and O–H groups in total. The summed E-state index contributed by atoms with van der Waals surface area (Å²) >= 11 is 0. The van der Waals surface area contributed by atoms with E-state index in [1.54, 1.807) is 0 Å². The van der Waals surface area contributed by atoms with Crippen LogP contribution in [0.2, 0.25) is 0 Å². The van der Waals surface area contributed by atoms with Crippen LogP contribution >= 0.6 is 0 Å². The van der Waals surface area contributed by atoms with Crippen molar-refractivity contribution < 1.29 is 18.3 Å². The third kappa shape index (κ3) is 1.41. The fourth-order valence-electron chi connectivity index (χ4n) is 0.982.